The van der Waals surface area contributed by atoms with Gasteiger partial charge in [-0.05, 0) is 35.8 Å². The maximum atomic E-state index is 6.47. The molecule has 1 aromatic rings. The lowest BCUT2D eigenvalue weighted by Gasteiger charge is -2.26. The fourth-order valence-electron chi connectivity index (χ4n) is 3.51. The van der Waals surface area contributed by atoms with Gasteiger partial charge in [-0.15, -0.1) is 0 Å². The van der Waals surface area contributed by atoms with Gasteiger partial charge in [0.25, 0.3) is 0 Å². The van der Waals surface area contributed by atoms with Gasteiger partial charge in [-0.25, -0.2) is 0 Å². The third-order valence-electron chi connectivity index (χ3n) is 4.78. The van der Waals surface area contributed by atoms with E-state index in [-0.39, 0.29) is 11.5 Å². The first-order valence-electron chi connectivity index (χ1n) is 7.46. The van der Waals surface area contributed by atoms with Crippen LogP contribution in [0.1, 0.15) is 57.2 Å². The summed E-state index contributed by atoms with van der Waals surface area (Å²) in [6.45, 7) is 6.73. The Morgan fingerprint density at radius 1 is 1.16 bits per heavy atom. The second-order valence-corrected chi connectivity index (χ2v) is 7.17. The molecule has 3 rings (SSSR count). The molecule has 4 atom stereocenters. The molecule has 2 aliphatic heterocycles. The predicted octanol–water partition coefficient (Wildman–Crippen LogP) is 3.55. The molecule has 0 spiro atoms. The molecule has 2 aliphatic rings. The van der Waals surface area contributed by atoms with E-state index in [1.54, 1.807) is 0 Å². The molecule has 0 radical (unpaired) electrons. The van der Waals surface area contributed by atoms with Gasteiger partial charge in [0, 0.05) is 12.0 Å². The molecule has 2 N–H and O–H groups in total. The molecule has 104 valence electrons. The van der Waals surface area contributed by atoms with Crippen molar-refractivity contribution < 1.29 is 4.74 Å². The molecular formula is C17H25NO. The van der Waals surface area contributed by atoms with Gasteiger partial charge >= 0.3 is 0 Å². The van der Waals surface area contributed by atoms with Crippen LogP contribution in [0.15, 0.2) is 24.3 Å². The van der Waals surface area contributed by atoms with Crippen LogP contribution in [0.5, 0.6) is 0 Å². The summed E-state index contributed by atoms with van der Waals surface area (Å²) in [6.07, 6.45) is 4.46. The predicted molar refractivity (Wildman–Crippen MR) is 78.1 cm³/mol. The van der Waals surface area contributed by atoms with Crippen LogP contribution in [0, 0.1) is 5.92 Å². The average Bonchev–Trinajstić information content (AvgIpc) is 2.99. The molecule has 2 fully saturated rings. The van der Waals surface area contributed by atoms with Gasteiger partial charge in [0.1, 0.15) is 0 Å². The lowest BCUT2D eigenvalue weighted by Crippen LogP contribution is -2.29. The van der Waals surface area contributed by atoms with Crippen LogP contribution < -0.4 is 5.73 Å². The van der Waals surface area contributed by atoms with Crippen molar-refractivity contribution in [2.75, 3.05) is 0 Å². The Bertz CT molecular complexity index is 445. The zero-order valence-corrected chi connectivity index (χ0v) is 12.2. The molecule has 0 aromatic heterocycles. The fourth-order valence-corrected chi connectivity index (χ4v) is 3.51. The summed E-state index contributed by atoms with van der Waals surface area (Å²) >= 11 is 0. The van der Waals surface area contributed by atoms with Crippen LogP contribution in [-0.4, -0.2) is 12.2 Å². The van der Waals surface area contributed by atoms with Gasteiger partial charge in [-0.1, -0.05) is 45.0 Å². The van der Waals surface area contributed by atoms with Gasteiger partial charge < -0.3 is 10.5 Å². The van der Waals surface area contributed by atoms with E-state index in [1.807, 2.05) is 0 Å². The summed E-state index contributed by atoms with van der Waals surface area (Å²) in [6, 6.07) is 8.99. The quantitative estimate of drug-likeness (QED) is 0.881. The molecule has 19 heavy (non-hydrogen) atoms. The van der Waals surface area contributed by atoms with Crippen molar-refractivity contribution in [1.29, 1.82) is 0 Å². The van der Waals surface area contributed by atoms with Crippen molar-refractivity contribution in [3.8, 4) is 0 Å². The minimum absolute atomic E-state index is 0.129. The van der Waals surface area contributed by atoms with E-state index in [4.69, 9.17) is 10.5 Å². The fraction of sp³-hybridized carbons (Fsp3) is 0.647. The second kappa shape index (κ2) is 4.60. The molecule has 2 heterocycles. The highest BCUT2D eigenvalue weighted by atomic mass is 16.5. The van der Waals surface area contributed by atoms with E-state index >= 15 is 0 Å². The summed E-state index contributed by atoms with van der Waals surface area (Å²) in [4.78, 5) is 0. The van der Waals surface area contributed by atoms with Gasteiger partial charge in [0.05, 0.1) is 12.2 Å². The Hall–Kier alpha value is -0.860. The average molecular weight is 259 g/mol. The van der Waals surface area contributed by atoms with E-state index in [9.17, 15) is 0 Å². The highest BCUT2D eigenvalue weighted by Crippen LogP contribution is 2.43. The van der Waals surface area contributed by atoms with E-state index < -0.39 is 0 Å². The van der Waals surface area contributed by atoms with Crippen LogP contribution in [0.2, 0.25) is 0 Å². The number of benzene rings is 1. The molecule has 2 bridgehead atoms. The van der Waals surface area contributed by atoms with E-state index in [0.717, 1.165) is 6.42 Å². The molecule has 1 aromatic carbocycles. The van der Waals surface area contributed by atoms with Gasteiger partial charge in [0.2, 0.25) is 0 Å². The van der Waals surface area contributed by atoms with Crippen LogP contribution in [0.25, 0.3) is 0 Å². The minimum atomic E-state index is 0.129. The third-order valence-corrected chi connectivity index (χ3v) is 4.78. The molecule has 2 nitrogen and oxygen atoms in total. The van der Waals surface area contributed by atoms with E-state index in [2.05, 4.69) is 45.0 Å². The van der Waals surface area contributed by atoms with Crippen molar-refractivity contribution in [3.05, 3.63) is 35.4 Å². The van der Waals surface area contributed by atoms with Crippen LogP contribution >= 0.6 is 0 Å². The first kappa shape index (κ1) is 13.1. The smallest absolute Gasteiger partial charge is 0.0627 e. The molecule has 2 heteroatoms. The molecule has 0 aliphatic carbocycles. The first-order chi connectivity index (χ1) is 8.95. The van der Waals surface area contributed by atoms with Crippen LogP contribution in [-0.2, 0) is 10.2 Å². The monoisotopic (exact) mass is 259 g/mol. The maximum Gasteiger partial charge on any atom is 0.0627 e. The largest absolute Gasteiger partial charge is 0.375 e. The van der Waals surface area contributed by atoms with Crippen LogP contribution in [0.4, 0.5) is 0 Å². The lowest BCUT2D eigenvalue weighted by molar-refractivity contribution is 0.0885. The standard InChI is InChI=1S/C17H25NO/c1-17(2,3)12-6-4-11(5-7-12)16(18)14-10-13-8-9-15(14)19-13/h4-7,13-16H,8-10,18H2,1-3H3. The Morgan fingerprint density at radius 3 is 2.32 bits per heavy atom. The zero-order chi connectivity index (χ0) is 13.6. The topological polar surface area (TPSA) is 35.2 Å². The van der Waals surface area contributed by atoms with Crippen LogP contribution in [0.3, 0.4) is 0 Å². The number of hydrogen-bond acceptors (Lipinski definition) is 2. The molecule has 2 saturated heterocycles. The molecule has 0 amide bonds. The highest BCUT2D eigenvalue weighted by molar-refractivity contribution is 5.29. The lowest BCUT2D eigenvalue weighted by atomic mass is 9.80. The number of nitrogens with two attached hydrogens (primary N) is 1. The number of fused-ring (bicyclic) bond motifs is 2. The van der Waals surface area contributed by atoms with Crippen molar-refractivity contribution in [1.82, 2.24) is 0 Å². The Kier molecular flexibility index (Phi) is 3.18. The summed E-state index contributed by atoms with van der Waals surface area (Å²) in [5, 5.41) is 0. The zero-order valence-electron chi connectivity index (χ0n) is 12.2. The Morgan fingerprint density at radius 2 is 1.84 bits per heavy atom. The van der Waals surface area contributed by atoms with Crippen molar-refractivity contribution >= 4 is 0 Å². The molecular weight excluding hydrogens is 234 g/mol. The number of ether oxygens (including phenoxy) is 1. The van der Waals surface area contributed by atoms with Crippen molar-refractivity contribution in [2.45, 2.75) is 63.7 Å². The van der Waals surface area contributed by atoms with E-state index in [1.165, 1.54) is 24.0 Å². The Balaban J connectivity index is 1.75. The van der Waals surface area contributed by atoms with Gasteiger partial charge in [-0.2, -0.15) is 0 Å². The van der Waals surface area contributed by atoms with Gasteiger partial charge in [0.15, 0.2) is 0 Å². The number of hydrogen-bond donors (Lipinski definition) is 1. The summed E-state index contributed by atoms with van der Waals surface area (Å²) in [5.41, 5.74) is 9.30. The highest BCUT2D eigenvalue weighted by Gasteiger charge is 2.43. The first-order valence-corrected chi connectivity index (χ1v) is 7.46. The normalized spacial score (nSPS) is 31.7. The summed E-state index contributed by atoms with van der Waals surface area (Å²) < 4.78 is 5.93. The summed E-state index contributed by atoms with van der Waals surface area (Å²) in [5.74, 6) is 0.513. The number of rotatable bonds is 2. The van der Waals surface area contributed by atoms with E-state index in [0.29, 0.717) is 18.1 Å². The molecule has 4 unspecified atom stereocenters. The maximum absolute atomic E-state index is 6.47. The SMILES string of the molecule is CC(C)(C)c1ccc(C(N)C2CC3CCC2O3)cc1. The molecule has 0 saturated carbocycles. The second-order valence-electron chi connectivity index (χ2n) is 7.17. The third kappa shape index (κ3) is 2.44. The summed E-state index contributed by atoms with van der Waals surface area (Å²) in [7, 11) is 0. The minimum Gasteiger partial charge on any atom is -0.375 e. The van der Waals surface area contributed by atoms with Gasteiger partial charge in [-0.3, -0.25) is 0 Å². The Labute approximate surface area is 116 Å². The van der Waals surface area contributed by atoms with Crippen molar-refractivity contribution in [2.24, 2.45) is 11.7 Å². The van der Waals surface area contributed by atoms with Crippen molar-refractivity contribution in [3.63, 3.8) is 0 Å².